The van der Waals surface area contributed by atoms with Gasteiger partial charge >= 0.3 is 11.9 Å². The van der Waals surface area contributed by atoms with E-state index in [0.29, 0.717) is 6.04 Å². The van der Waals surface area contributed by atoms with Gasteiger partial charge in [0.15, 0.2) is 0 Å². The maximum atomic E-state index is 11.7. The molecule has 5 aromatic heterocycles. The van der Waals surface area contributed by atoms with Crippen molar-refractivity contribution in [3.05, 3.63) is 105 Å². The minimum absolute atomic E-state index is 0.268. The highest BCUT2D eigenvalue weighted by Gasteiger charge is 2.23. The van der Waals surface area contributed by atoms with Gasteiger partial charge in [-0.15, -0.1) is 45.3 Å². The second-order valence-electron chi connectivity index (χ2n) is 20.5. The van der Waals surface area contributed by atoms with Crippen molar-refractivity contribution < 1.29 is 19.8 Å². The molecule has 7 aromatic rings. The Hall–Kier alpha value is -5.56. The van der Waals surface area contributed by atoms with Gasteiger partial charge in [-0.2, -0.15) is 10.5 Å². The van der Waals surface area contributed by atoms with Crippen molar-refractivity contribution in [1.82, 2.24) is 4.57 Å². The summed E-state index contributed by atoms with van der Waals surface area (Å²) in [6.07, 6.45) is 31.9. The molecule has 0 unspecified atom stereocenters. The molecule has 0 amide bonds. The standard InChI is InChI=1S/C65H77N3O4S4/c1-5-9-13-17-19-23-27-51(28-24-20-18-14-10-6-2)68-56-33-29-47(62-45(25-21-15-11-7-3)41-60(75-62)58-35-31-52(73-58)37-49(43-66)64(69)70)39-54(56)55-40-48(30-34-57(55)68)63-46(26-22-16-12-8-4)42-61(76-63)59-36-32-53(74-59)38-50(44-67)65(71)72/h29-42,51H,5-28H2,1-4H3,(H,69,70)(H,71,72)/b49-37-,50-38-. The van der Waals surface area contributed by atoms with Crippen LogP contribution in [0.25, 0.3) is 74.3 Å². The average Bonchev–Trinajstić information content (AvgIpc) is 4.29. The molecule has 0 radical (unpaired) electrons. The molecular weight excluding hydrogens is 1010 g/mol. The summed E-state index contributed by atoms with van der Waals surface area (Å²) in [5, 5.41) is 40.7. The summed E-state index contributed by atoms with van der Waals surface area (Å²) in [4.78, 5) is 31.9. The zero-order valence-corrected chi connectivity index (χ0v) is 48.6. The van der Waals surface area contributed by atoms with Crippen LogP contribution in [0.2, 0.25) is 0 Å². The highest BCUT2D eigenvalue weighted by molar-refractivity contribution is 7.25. The van der Waals surface area contributed by atoms with Crippen molar-refractivity contribution >= 4 is 91.2 Å². The number of carbonyl (C=O) groups is 2. The van der Waals surface area contributed by atoms with E-state index < -0.39 is 11.9 Å². The normalized spacial score (nSPS) is 12.1. The average molecular weight is 1090 g/mol. The fourth-order valence-electron chi connectivity index (χ4n) is 10.6. The minimum Gasteiger partial charge on any atom is -0.477 e. The largest absolute Gasteiger partial charge is 0.477 e. The predicted molar refractivity (Wildman–Crippen MR) is 326 cm³/mol. The summed E-state index contributed by atoms with van der Waals surface area (Å²) in [5.41, 5.74) is 7.18. The summed E-state index contributed by atoms with van der Waals surface area (Å²) in [5.74, 6) is -2.43. The number of fused-ring (bicyclic) bond motifs is 3. The first-order valence-corrected chi connectivity index (χ1v) is 31.6. The van der Waals surface area contributed by atoms with E-state index in [0.717, 1.165) is 67.8 Å². The Labute approximate surface area is 468 Å². The predicted octanol–water partition coefficient (Wildman–Crippen LogP) is 21.0. The van der Waals surface area contributed by atoms with Crippen molar-refractivity contribution in [2.75, 3.05) is 0 Å². The van der Waals surface area contributed by atoms with E-state index >= 15 is 0 Å². The molecule has 0 aliphatic heterocycles. The van der Waals surface area contributed by atoms with Gasteiger partial charge in [-0.05, 0) is 134 Å². The second-order valence-corrected chi connectivity index (χ2v) is 24.8. The Morgan fingerprint density at radius 1 is 0.487 bits per heavy atom. The number of carboxylic acid groups (broad SMARTS) is 2. The number of nitriles is 2. The van der Waals surface area contributed by atoms with E-state index in [1.807, 2.05) is 46.9 Å². The second kappa shape index (κ2) is 29.8. The number of aryl methyl sites for hydroxylation is 2. The lowest BCUT2D eigenvalue weighted by Gasteiger charge is -2.22. The Balaban J connectivity index is 1.38. The molecule has 5 heterocycles. The van der Waals surface area contributed by atoms with Crippen molar-refractivity contribution in [3.63, 3.8) is 0 Å². The molecule has 0 saturated heterocycles. The summed E-state index contributed by atoms with van der Waals surface area (Å²) < 4.78 is 2.73. The fourth-order valence-corrected chi connectivity index (χ4v) is 15.1. The molecule has 2 aromatic carbocycles. The van der Waals surface area contributed by atoms with Gasteiger partial charge in [0.05, 0.1) is 0 Å². The number of hydrogen-bond donors (Lipinski definition) is 2. The number of carboxylic acids is 2. The van der Waals surface area contributed by atoms with Gasteiger partial charge in [0.25, 0.3) is 0 Å². The van der Waals surface area contributed by atoms with Crippen LogP contribution >= 0.6 is 45.3 Å². The SMILES string of the molecule is CCCCCCCCC(CCCCCCCC)n1c2ccc(-c3sc(-c4ccc(/C=C(/C#N)C(=O)O)s4)cc3CCCCCC)cc2c2cc(-c3sc(-c4ccc(/C=C(/C#N)C(=O)O)s4)cc3CCCCCC)ccc21. The monoisotopic (exact) mass is 1090 g/mol. The smallest absolute Gasteiger partial charge is 0.346 e. The highest BCUT2D eigenvalue weighted by atomic mass is 32.1. The lowest BCUT2D eigenvalue weighted by atomic mass is 9.99. The van der Waals surface area contributed by atoms with Crippen LogP contribution in [0.15, 0.2) is 83.9 Å². The van der Waals surface area contributed by atoms with Gasteiger partial charge < -0.3 is 14.8 Å². The van der Waals surface area contributed by atoms with E-state index in [2.05, 4.69) is 92.9 Å². The van der Waals surface area contributed by atoms with Gasteiger partial charge in [-0.25, -0.2) is 9.59 Å². The van der Waals surface area contributed by atoms with Gasteiger partial charge in [-0.1, -0.05) is 155 Å². The first kappa shape index (κ1) is 58.1. The number of benzene rings is 2. The summed E-state index contributed by atoms with van der Waals surface area (Å²) in [7, 11) is 0. The van der Waals surface area contributed by atoms with Gasteiger partial charge in [0, 0.05) is 66.9 Å². The van der Waals surface area contributed by atoms with E-state index in [-0.39, 0.29) is 11.1 Å². The zero-order valence-electron chi connectivity index (χ0n) is 45.3. The number of hydrogen-bond acceptors (Lipinski definition) is 8. The molecule has 400 valence electrons. The Morgan fingerprint density at radius 2 is 0.868 bits per heavy atom. The van der Waals surface area contributed by atoms with Crippen molar-refractivity contribution in [2.45, 2.75) is 188 Å². The third-order valence-electron chi connectivity index (χ3n) is 14.7. The molecule has 0 aliphatic carbocycles. The first-order valence-electron chi connectivity index (χ1n) is 28.3. The molecular formula is C65H77N3O4S4. The van der Waals surface area contributed by atoms with E-state index in [4.69, 9.17) is 0 Å². The van der Waals surface area contributed by atoms with Gasteiger partial charge in [-0.3, -0.25) is 0 Å². The number of aromatic nitrogens is 1. The molecule has 7 nitrogen and oxygen atoms in total. The molecule has 0 spiro atoms. The highest BCUT2D eigenvalue weighted by Crippen LogP contribution is 2.47. The van der Waals surface area contributed by atoms with E-state index in [1.54, 1.807) is 0 Å². The number of thiophene rings is 4. The maximum absolute atomic E-state index is 11.7. The molecule has 7 rings (SSSR count). The fraction of sp³-hybridized carbons (Fsp3) is 0.446. The molecule has 0 aliphatic rings. The van der Waals surface area contributed by atoms with Crippen LogP contribution in [0.4, 0.5) is 0 Å². The number of aliphatic carboxylic acids is 2. The topological polar surface area (TPSA) is 127 Å². The van der Waals surface area contributed by atoms with Crippen LogP contribution < -0.4 is 0 Å². The third kappa shape index (κ3) is 15.3. The van der Waals surface area contributed by atoms with Crippen LogP contribution in [-0.4, -0.2) is 26.7 Å². The van der Waals surface area contributed by atoms with E-state index in [1.165, 1.54) is 204 Å². The number of rotatable bonds is 33. The Morgan fingerprint density at radius 3 is 1.25 bits per heavy atom. The van der Waals surface area contributed by atoms with Crippen molar-refractivity contribution in [2.24, 2.45) is 0 Å². The Bertz CT molecular complexity index is 2970. The molecule has 0 fully saturated rings. The zero-order chi connectivity index (χ0) is 53.8. The molecule has 2 N–H and O–H groups in total. The van der Waals surface area contributed by atoms with Crippen LogP contribution in [0, 0.1) is 22.7 Å². The summed E-state index contributed by atoms with van der Waals surface area (Å²) in [6.45, 7) is 9.09. The van der Waals surface area contributed by atoms with Gasteiger partial charge in [0.2, 0.25) is 0 Å². The Kier molecular flexibility index (Phi) is 22.8. The lowest BCUT2D eigenvalue weighted by molar-refractivity contribution is -0.133. The van der Waals surface area contributed by atoms with Crippen LogP contribution in [0.3, 0.4) is 0 Å². The number of unbranched alkanes of at least 4 members (excludes halogenated alkanes) is 16. The molecule has 76 heavy (non-hydrogen) atoms. The number of nitrogens with zero attached hydrogens (tertiary/aromatic N) is 3. The van der Waals surface area contributed by atoms with Crippen molar-refractivity contribution in [3.8, 4) is 52.5 Å². The van der Waals surface area contributed by atoms with Crippen LogP contribution in [-0.2, 0) is 22.4 Å². The minimum atomic E-state index is -1.22. The van der Waals surface area contributed by atoms with Crippen LogP contribution in [0.1, 0.15) is 196 Å². The van der Waals surface area contributed by atoms with E-state index in [9.17, 15) is 30.3 Å². The van der Waals surface area contributed by atoms with Crippen LogP contribution in [0.5, 0.6) is 0 Å². The third-order valence-corrected chi connectivity index (χ3v) is 19.6. The summed E-state index contributed by atoms with van der Waals surface area (Å²) >= 11 is 6.68. The molecule has 0 atom stereocenters. The molecule has 0 bridgehead atoms. The molecule has 0 saturated carbocycles. The first-order chi connectivity index (χ1) is 37.1. The maximum Gasteiger partial charge on any atom is 0.346 e. The lowest BCUT2D eigenvalue weighted by Crippen LogP contribution is -2.09. The van der Waals surface area contributed by atoms with Crippen molar-refractivity contribution in [1.29, 1.82) is 10.5 Å². The van der Waals surface area contributed by atoms with Gasteiger partial charge in [0.1, 0.15) is 23.3 Å². The molecule has 11 heteroatoms. The summed E-state index contributed by atoms with van der Waals surface area (Å²) in [6, 6.07) is 31.2. The quantitative estimate of drug-likeness (QED) is 0.0240.